The second kappa shape index (κ2) is 8.78. The highest BCUT2D eigenvalue weighted by atomic mass is 16.1. The van der Waals surface area contributed by atoms with Gasteiger partial charge in [0.1, 0.15) is 0 Å². The molecule has 0 saturated heterocycles. The van der Waals surface area contributed by atoms with Crippen LogP contribution in [0.3, 0.4) is 0 Å². The summed E-state index contributed by atoms with van der Waals surface area (Å²) in [6.45, 7) is 3.29. The number of hydrogen-bond acceptors (Lipinski definition) is 2. The van der Waals surface area contributed by atoms with E-state index in [0.29, 0.717) is 18.7 Å². The summed E-state index contributed by atoms with van der Waals surface area (Å²) in [6, 6.07) is 30.7. The third-order valence-corrected chi connectivity index (χ3v) is 5.51. The smallest absolute Gasteiger partial charge is 0.254 e. The van der Waals surface area contributed by atoms with Crippen molar-refractivity contribution < 1.29 is 4.79 Å². The molecule has 0 unspecified atom stereocenters. The van der Waals surface area contributed by atoms with Crippen molar-refractivity contribution in [3.05, 3.63) is 126 Å². The van der Waals surface area contributed by atoms with E-state index in [4.69, 9.17) is 0 Å². The van der Waals surface area contributed by atoms with E-state index >= 15 is 0 Å². The minimum absolute atomic E-state index is 0.118. The molecule has 1 amide bonds. The molecule has 4 nitrogen and oxygen atoms in total. The molecule has 3 aromatic carbocycles. The van der Waals surface area contributed by atoms with Crippen LogP contribution in [0.1, 0.15) is 34.0 Å². The lowest BCUT2D eigenvalue weighted by atomic mass is 9.76. The van der Waals surface area contributed by atoms with Gasteiger partial charge in [0.05, 0.1) is 18.3 Å². The van der Waals surface area contributed by atoms with Crippen LogP contribution in [0.2, 0.25) is 0 Å². The first-order valence-electron chi connectivity index (χ1n) is 10.1. The molecule has 0 aliphatic carbocycles. The summed E-state index contributed by atoms with van der Waals surface area (Å²) in [7, 11) is 0. The number of benzene rings is 3. The molecule has 30 heavy (non-hydrogen) atoms. The molecule has 0 fully saturated rings. The van der Waals surface area contributed by atoms with Crippen LogP contribution in [-0.4, -0.2) is 22.2 Å². The standard InChI is InChI=1S/C26H25N3O/c1-26(23-13-7-3-8-14-23,24-15-9-4-10-16-24)20-27-25(30)22-17-28-29(19-22)18-21-11-5-2-6-12-21/h2-17,19H,18,20H2,1H3,(H,27,30). The van der Waals surface area contributed by atoms with Crippen molar-refractivity contribution in [2.75, 3.05) is 6.54 Å². The van der Waals surface area contributed by atoms with E-state index in [0.717, 1.165) is 16.7 Å². The monoisotopic (exact) mass is 395 g/mol. The van der Waals surface area contributed by atoms with Gasteiger partial charge < -0.3 is 5.32 Å². The van der Waals surface area contributed by atoms with Gasteiger partial charge in [-0.1, -0.05) is 91.0 Å². The lowest BCUT2D eigenvalue weighted by molar-refractivity contribution is 0.0947. The predicted molar refractivity (Wildman–Crippen MR) is 119 cm³/mol. The molecule has 1 heterocycles. The molecule has 4 rings (SSSR count). The lowest BCUT2D eigenvalue weighted by Gasteiger charge is -2.31. The fourth-order valence-electron chi connectivity index (χ4n) is 3.68. The van der Waals surface area contributed by atoms with Crippen LogP contribution in [0.15, 0.2) is 103 Å². The first-order chi connectivity index (χ1) is 14.6. The van der Waals surface area contributed by atoms with Crippen molar-refractivity contribution in [2.45, 2.75) is 18.9 Å². The molecule has 0 radical (unpaired) electrons. The number of hydrogen-bond donors (Lipinski definition) is 1. The number of rotatable bonds is 7. The quantitative estimate of drug-likeness (QED) is 0.494. The van der Waals surface area contributed by atoms with Gasteiger partial charge in [-0.3, -0.25) is 9.48 Å². The van der Waals surface area contributed by atoms with Crippen molar-refractivity contribution in [2.24, 2.45) is 0 Å². The Morgan fingerprint density at radius 1 is 0.867 bits per heavy atom. The van der Waals surface area contributed by atoms with Gasteiger partial charge in [0, 0.05) is 18.2 Å². The number of aromatic nitrogens is 2. The van der Waals surface area contributed by atoms with E-state index in [-0.39, 0.29) is 11.3 Å². The third kappa shape index (κ3) is 4.33. The Labute approximate surface area is 177 Å². The molecule has 0 aliphatic rings. The largest absolute Gasteiger partial charge is 0.351 e. The molecule has 0 atom stereocenters. The fourth-order valence-corrected chi connectivity index (χ4v) is 3.68. The molecule has 4 heteroatoms. The Bertz CT molecular complexity index is 1050. The Morgan fingerprint density at radius 3 is 1.97 bits per heavy atom. The van der Waals surface area contributed by atoms with E-state index in [9.17, 15) is 4.79 Å². The van der Waals surface area contributed by atoms with Crippen LogP contribution in [0.5, 0.6) is 0 Å². The second-order valence-electron chi connectivity index (χ2n) is 7.66. The van der Waals surface area contributed by atoms with Crippen LogP contribution >= 0.6 is 0 Å². The summed E-state index contributed by atoms with van der Waals surface area (Å²) in [5, 5.41) is 7.47. The van der Waals surface area contributed by atoms with Crippen molar-refractivity contribution in [3.63, 3.8) is 0 Å². The maximum absolute atomic E-state index is 12.9. The molecule has 0 saturated carbocycles. The van der Waals surface area contributed by atoms with E-state index in [1.54, 1.807) is 17.1 Å². The van der Waals surface area contributed by atoms with Gasteiger partial charge in [0.2, 0.25) is 0 Å². The molecule has 4 aromatic rings. The van der Waals surface area contributed by atoms with Gasteiger partial charge in [0.25, 0.3) is 5.91 Å². The highest BCUT2D eigenvalue weighted by Gasteiger charge is 2.29. The zero-order valence-electron chi connectivity index (χ0n) is 17.0. The Hall–Kier alpha value is -3.66. The lowest BCUT2D eigenvalue weighted by Crippen LogP contribution is -2.39. The molecule has 1 aromatic heterocycles. The molecule has 1 N–H and O–H groups in total. The maximum atomic E-state index is 12.9. The van der Waals surface area contributed by atoms with Crippen LogP contribution in [0.4, 0.5) is 0 Å². The Kier molecular flexibility index (Phi) is 5.75. The number of carbonyl (C=O) groups is 1. The molecular formula is C26H25N3O. The van der Waals surface area contributed by atoms with Crippen molar-refractivity contribution in [1.29, 1.82) is 0 Å². The van der Waals surface area contributed by atoms with Crippen LogP contribution in [0.25, 0.3) is 0 Å². The molecular weight excluding hydrogens is 370 g/mol. The molecule has 150 valence electrons. The molecule has 0 aliphatic heterocycles. The van der Waals surface area contributed by atoms with E-state index < -0.39 is 0 Å². The van der Waals surface area contributed by atoms with E-state index in [2.05, 4.69) is 41.6 Å². The summed E-state index contributed by atoms with van der Waals surface area (Å²) in [5.74, 6) is -0.118. The van der Waals surface area contributed by atoms with Gasteiger partial charge in [0.15, 0.2) is 0 Å². The van der Waals surface area contributed by atoms with E-state index in [1.165, 1.54) is 0 Å². The minimum atomic E-state index is -0.335. The summed E-state index contributed by atoms with van der Waals surface area (Å²) in [4.78, 5) is 12.9. The molecule has 0 bridgehead atoms. The second-order valence-corrected chi connectivity index (χ2v) is 7.66. The minimum Gasteiger partial charge on any atom is -0.351 e. The number of amides is 1. The normalized spacial score (nSPS) is 11.2. The first kappa shape index (κ1) is 19.6. The molecule has 0 spiro atoms. The van der Waals surface area contributed by atoms with Gasteiger partial charge in [-0.05, 0) is 23.6 Å². The summed E-state index contributed by atoms with van der Waals surface area (Å²) in [6.07, 6.45) is 3.42. The highest BCUT2D eigenvalue weighted by Crippen LogP contribution is 2.31. The number of carbonyl (C=O) groups excluding carboxylic acids is 1. The van der Waals surface area contributed by atoms with Crippen molar-refractivity contribution in [3.8, 4) is 0 Å². The predicted octanol–water partition coefficient (Wildman–Crippen LogP) is 4.67. The van der Waals surface area contributed by atoms with Crippen LogP contribution in [0, 0.1) is 0 Å². The van der Waals surface area contributed by atoms with E-state index in [1.807, 2.05) is 66.7 Å². The number of nitrogens with one attached hydrogen (secondary N) is 1. The van der Waals surface area contributed by atoms with Crippen molar-refractivity contribution in [1.82, 2.24) is 15.1 Å². The first-order valence-corrected chi connectivity index (χ1v) is 10.1. The number of nitrogens with zero attached hydrogens (tertiary/aromatic N) is 2. The van der Waals surface area contributed by atoms with Crippen LogP contribution < -0.4 is 5.32 Å². The van der Waals surface area contributed by atoms with Gasteiger partial charge >= 0.3 is 0 Å². The zero-order valence-corrected chi connectivity index (χ0v) is 17.0. The zero-order chi connectivity index (χ0) is 20.8. The topological polar surface area (TPSA) is 46.9 Å². The SMILES string of the molecule is CC(CNC(=O)c1cnn(Cc2ccccc2)c1)(c1ccccc1)c1ccccc1. The van der Waals surface area contributed by atoms with Gasteiger partial charge in [-0.15, -0.1) is 0 Å². The average Bonchev–Trinajstić information content (AvgIpc) is 3.27. The van der Waals surface area contributed by atoms with Crippen LogP contribution in [-0.2, 0) is 12.0 Å². The fraction of sp³-hybridized carbons (Fsp3) is 0.154. The summed E-state index contributed by atoms with van der Waals surface area (Å²) < 4.78 is 1.79. The summed E-state index contributed by atoms with van der Waals surface area (Å²) in [5.41, 5.74) is 3.70. The maximum Gasteiger partial charge on any atom is 0.254 e. The third-order valence-electron chi connectivity index (χ3n) is 5.51. The van der Waals surface area contributed by atoms with Crippen molar-refractivity contribution >= 4 is 5.91 Å². The average molecular weight is 396 g/mol. The Morgan fingerprint density at radius 2 is 1.40 bits per heavy atom. The highest BCUT2D eigenvalue weighted by molar-refractivity contribution is 5.93. The van der Waals surface area contributed by atoms with Gasteiger partial charge in [-0.25, -0.2) is 0 Å². The Balaban J connectivity index is 1.50. The van der Waals surface area contributed by atoms with Gasteiger partial charge in [-0.2, -0.15) is 5.10 Å². The summed E-state index contributed by atoms with van der Waals surface area (Å²) >= 11 is 0.